The molecular formula is C26H30O3. The van der Waals surface area contributed by atoms with Crippen molar-refractivity contribution >= 4 is 12.2 Å². The minimum atomic E-state index is -0.00528. The normalized spacial score (nSPS) is 24.2. The predicted molar refractivity (Wildman–Crippen MR) is 118 cm³/mol. The number of ether oxygens (including phenoxy) is 3. The molecule has 2 aliphatic heterocycles. The van der Waals surface area contributed by atoms with Crippen LogP contribution in [-0.4, -0.2) is 37.6 Å². The molecule has 0 radical (unpaired) electrons. The maximum atomic E-state index is 6.78. The van der Waals surface area contributed by atoms with Gasteiger partial charge < -0.3 is 14.2 Å². The molecule has 2 saturated heterocycles. The van der Waals surface area contributed by atoms with Gasteiger partial charge in [-0.3, -0.25) is 0 Å². The Morgan fingerprint density at radius 1 is 0.828 bits per heavy atom. The maximum absolute atomic E-state index is 6.78. The van der Waals surface area contributed by atoms with Crippen LogP contribution in [0.25, 0.3) is 12.2 Å². The van der Waals surface area contributed by atoms with Gasteiger partial charge in [-0.15, -0.1) is 0 Å². The third-order valence-electron chi connectivity index (χ3n) is 6.10. The summed E-state index contributed by atoms with van der Waals surface area (Å²) in [4.78, 5) is 0. The van der Waals surface area contributed by atoms with Crippen LogP contribution in [0.3, 0.4) is 0 Å². The molecule has 0 spiro atoms. The topological polar surface area (TPSA) is 34.3 Å². The van der Waals surface area contributed by atoms with Crippen molar-refractivity contribution in [3.63, 3.8) is 0 Å². The van der Waals surface area contributed by atoms with Gasteiger partial charge in [-0.2, -0.15) is 0 Å². The Balaban J connectivity index is 1.56. The molecule has 2 aliphatic rings. The van der Waals surface area contributed by atoms with Crippen molar-refractivity contribution in [2.75, 3.05) is 13.2 Å². The smallest absolute Gasteiger partial charge is 0.108 e. The van der Waals surface area contributed by atoms with Crippen LogP contribution in [0.5, 0.6) is 0 Å². The van der Waals surface area contributed by atoms with E-state index < -0.39 is 0 Å². The molecule has 2 fully saturated rings. The highest BCUT2D eigenvalue weighted by Crippen LogP contribution is 2.37. The first-order valence-electron chi connectivity index (χ1n) is 10.4. The Bertz CT molecular complexity index is 794. The summed E-state index contributed by atoms with van der Waals surface area (Å²) >= 11 is 0. The van der Waals surface area contributed by atoms with E-state index in [9.17, 15) is 0 Å². The summed E-state index contributed by atoms with van der Waals surface area (Å²) < 4.78 is 18.2. The highest BCUT2D eigenvalue weighted by Gasteiger charge is 2.45. The second-order valence-corrected chi connectivity index (χ2v) is 8.13. The molecule has 0 bridgehead atoms. The van der Waals surface area contributed by atoms with Crippen molar-refractivity contribution < 1.29 is 14.2 Å². The molecule has 4 rings (SSSR count). The monoisotopic (exact) mass is 390 g/mol. The molecule has 3 nitrogen and oxygen atoms in total. The average Bonchev–Trinajstić information content (AvgIpc) is 3.67. The molecule has 0 N–H and O–H groups in total. The fourth-order valence-corrected chi connectivity index (χ4v) is 4.04. The van der Waals surface area contributed by atoms with Gasteiger partial charge >= 0.3 is 0 Å². The average molecular weight is 391 g/mol. The lowest BCUT2D eigenvalue weighted by atomic mass is 9.89. The third kappa shape index (κ3) is 4.69. The number of hydrogen-bond donors (Lipinski definition) is 0. The number of benzene rings is 2. The van der Waals surface area contributed by atoms with E-state index in [4.69, 9.17) is 14.2 Å². The molecule has 0 aliphatic carbocycles. The first-order valence-corrected chi connectivity index (χ1v) is 10.4. The molecule has 0 amide bonds. The van der Waals surface area contributed by atoms with Crippen LogP contribution in [0.15, 0.2) is 61.7 Å². The number of rotatable bonds is 10. The second kappa shape index (κ2) is 8.66. The van der Waals surface area contributed by atoms with E-state index >= 15 is 0 Å². The molecule has 0 saturated carbocycles. The molecule has 2 heterocycles. The molecule has 6 unspecified atom stereocenters. The SMILES string of the molecule is C=Cc1cccc(C(C)C(OC(C2CO2)C(C)c2cccc(C=C)c2)C2CO2)c1. The summed E-state index contributed by atoms with van der Waals surface area (Å²) in [6.07, 6.45) is 4.05. The van der Waals surface area contributed by atoms with Gasteiger partial charge in [0.2, 0.25) is 0 Å². The van der Waals surface area contributed by atoms with Crippen molar-refractivity contribution in [2.24, 2.45) is 0 Å². The number of epoxide rings is 2. The minimum Gasteiger partial charge on any atom is -0.370 e. The van der Waals surface area contributed by atoms with E-state index in [1.807, 2.05) is 12.2 Å². The van der Waals surface area contributed by atoms with Crippen LogP contribution in [0.1, 0.15) is 47.9 Å². The summed E-state index contributed by atoms with van der Waals surface area (Å²) in [7, 11) is 0. The van der Waals surface area contributed by atoms with Gasteiger partial charge in [-0.1, -0.05) is 87.7 Å². The van der Waals surface area contributed by atoms with Crippen LogP contribution < -0.4 is 0 Å². The zero-order chi connectivity index (χ0) is 20.4. The first kappa shape index (κ1) is 20.1. The summed E-state index contributed by atoms with van der Waals surface area (Å²) in [5.41, 5.74) is 4.75. The summed E-state index contributed by atoms with van der Waals surface area (Å²) in [6, 6.07) is 17.0. The van der Waals surface area contributed by atoms with Gasteiger partial charge in [0.25, 0.3) is 0 Å². The molecule has 3 heteroatoms. The lowest BCUT2D eigenvalue weighted by Crippen LogP contribution is -2.37. The van der Waals surface area contributed by atoms with E-state index in [0.29, 0.717) is 0 Å². The lowest BCUT2D eigenvalue weighted by Gasteiger charge is -2.31. The lowest BCUT2D eigenvalue weighted by molar-refractivity contribution is -0.0580. The van der Waals surface area contributed by atoms with E-state index in [2.05, 4.69) is 75.5 Å². The van der Waals surface area contributed by atoms with Gasteiger partial charge in [0.1, 0.15) is 12.2 Å². The van der Waals surface area contributed by atoms with Crippen LogP contribution in [-0.2, 0) is 14.2 Å². The Labute approximate surface area is 174 Å². The maximum Gasteiger partial charge on any atom is 0.108 e. The van der Waals surface area contributed by atoms with Gasteiger partial charge in [-0.25, -0.2) is 0 Å². The first-order chi connectivity index (χ1) is 14.1. The highest BCUT2D eigenvalue weighted by atomic mass is 16.6. The second-order valence-electron chi connectivity index (χ2n) is 8.13. The van der Waals surface area contributed by atoms with E-state index in [0.717, 1.165) is 24.3 Å². The van der Waals surface area contributed by atoms with E-state index in [-0.39, 0.29) is 36.3 Å². The standard InChI is InChI=1S/C26H30O3/c1-5-19-9-7-11-21(13-19)17(3)25(23-15-27-23)29-26(24-16-28-24)18(4)22-12-8-10-20(6-2)14-22/h5-14,17-18,23-26H,1-2,15-16H2,3-4H3. The van der Waals surface area contributed by atoms with Crippen LogP contribution in [0, 0.1) is 0 Å². The Morgan fingerprint density at radius 2 is 1.24 bits per heavy atom. The third-order valence-corrected chi connectivity index (χ3v) is 6.10. The summed E-state index contributed by atoms with van der Waals surface area (Å²) in [5.74, 6) is 0.436. The fourth-order valence-electron chi connectivity index (χ4n) is 4.04. The van der Waals surface area contributed by atoms with Crippen molar-refractivity contribution in [3.8, 4) is 0 Å². The van der Waals surface area contributed by atoms with Crippen molar-refractivity contribution in [1.29, 1.82) is 0 Å². The Hall–Kier alpha value is -2.20. The molecule has 2 aromatic rings. The van der Waals surface area contributed by atoms with Crippen molar-refractivity contribution in [2.45, 2.75) is 50.1 Å². The van der Waals surface area contributed by atoms with Crippen LogP contribution in [0.4, 0.5) is 0 Å². The molecule has 6 atom stereocenters. The van der Waals surface area contributed by atoms with E-state index in [1.54, 1.807) is 0 Å². The van der Waals surface area contributed by atoms with Crippen LogP contribution >= 0.6 is 0 Å². The van der Waals surface area contributed by atoms with Gasteiger partial charge in [-0.05, 0) is 22.3 Å². The zero-order valence-corrected chi connectivity index (χ0v) is 17.3. The largest absolute Gasteiger partial charge is 0.370 e. The number of hydrogen-bond acceptors (Lipinski definition) is 3. The van der Waals surface area contributed by atoms with Crippen LogP contribution in [0.2, 0.25) is 0 Å². The Morgan fingerprint density at radius 3 is 1.59 bits per heavy atom. The van der Waals surface area contributed by atoms with Gasteiger partial charge in [0.15, 0.2) is 0 Å². The van der Waals surface area contributed by atoms with E-state index in [1.165, 1.54) is 11.1 Å². The van der Waals surface area contributed by atoms with Crippen molar-refractivity contribution in [3.05, 3.63) is 83.9 Å². The fraction of sp³-hybridized carbons (Fsp3) is 0.385. The summed E-state index contributed by atoms with van der Waals surface area (Å²) in [5, 5.41) is 0. The highest BCUT2D eigenvalue weighted by molar-refractivity contribution is 5.49. The molecular weight excluding hydrogens is 360 g/mol. The zero-order valence-electron chi connectivity index (χ0n) is 17.3. The minimum absolute atomic E-state index is 0.00528. The Kier molecular flexibility index (Phi) is 6.00. The summed E-state index contributed by atoms with van der Waals surface area (Å²) in [6.45, 7) is 13.8. The van der Waals surface area contributed by atoms with Crippen molar-refractivity contribution in [1.82, 2.24) is 0 Å². The van der Waals surface area contributed by atoms with Gasteiger partial charge in [0.05, 0.1) is 25.4 Å². The molecule has 29 heavy (non-hydrogen) atoms. The molecule has 0 aromatic heterocycles. The predicted octanol–water partition coefficient (Wildman–Crippen LogP) is 5.43. The van der Waals surface area contributed by atoms with Gasteiger partial charge in [0, 0.05) is 11.8 Å². The molecule has 152 valence electrons. The molecule has 2 aromatic carbocycles. The quantitative estimate of drug-likeness (QED) is 0.507.